The molecule has 1 saturated carbocycles. The van der Waals surface area contributed by atoms with E-state index in [0.717, 1.165) is 24.6 Å². The summed E-state index contributed by atoms with van der Waals surface area (Å²) >= 11 is 0. The normalized spacial score (nSPS) is 15.4. The summed E-state index contributed by atoms with van der Waals surface area (Å²) in [4.78, 5) is 23.3. The summed E-state index contributed by atoms with van der Waals surface area (Å²) in [7, 11) is 0. The van der Waals surface area contributed by atoms with Crippen LogP contribution in [0.15, 0.2) is 26.1 Å². The van der Waals surface area contributed by atoms with Gasteiger partial charge in [0.15, 0.2) is 0 Å². The Hall–Kier alpha value is -2.04. The van der Waals surface area contributed by atoms with E-state index in [4.69, 9.17) is 4.42 Å². The van der Waals surface area contributed by atoms with Gasteiger partial charge in [-0.3, -0.25) is 4.79 Å². The van der Waals surface area contributed by atoms with Crippen LogP contribution in [0.2, 0.25) is 0 Å². The van der Waals surface area contributed by atoms with Gasteiger partial charge in [0.05, 0.1) is 6.07 Å². The number of hydrogen-bond acceptors (Lipinski definition) is 4. The first-order valence-corrected chi connectivity index (χ1v) is 5.47. The first-order valence-electron chi connectivity index (χ1n) is 5.47. The Bertz CT molecular complexity index is 722. The number of rotatable bonds is 1. The molecule has 17 heavy (non-hydrogen) atoms. The minimum atomic E-state index is -0.655. The van der Waals surface area contributed by atoms with E-state index >= 15 is 0 Å². The summed E-state index contributed by atoms with van der Waals surface area (Å²) in [5.41, 5.74) is -0.0464. The first-order chi connectivity index (χ1) is 8.08. The van der Waals surface area contributed by atoms with E-state index in [1.54, 1.807) is 17.6 Å². The van der Waals surface area contributed by atoms with Gasteiger partial charge in [-0.05, 0) is 19.8 Å². The molecule has 0 bridgehead atoms. The Morgan fingerprint density at radius 2 is 2.06 bits per heavy atom. The van der Waals surface area contributed by atoms with Gasteiger partial charge < -0.3 is 14.1 Å². The predicted octanol–water partition coefficient (Wildman–Crippen LogP) is 1.30. The third-order valence-electron chi connectivity index (χ3n) is 3.03. The van der Waals surface area contributed by atoms with Gasteiger partial charge >= 0.3 is 5.63 Å². The third-order valence-corrected chi connectivity index (χ3v) is 3.03. The van der Waals surface area contributed by atoms with Crippen molar-refractivity contribution in [3.05, 3.63) is 38.6 Å². The smallest absolute Gasteiger partial charge is 0.339 e. The van der Waals surface area contributed by atoms with Crippen LogP contribution in [0.1, 0.15) is 24.6 Å². The van der Waals surface area contributed by atoms with Crippen LogP contribution in [0.5, 0.6) is 5.75 Å². The van der Waals surface area contributed by atoms with Gasteiger partial charge in [-0.1, -0.05) is 0 Å². The average molecular weight is 233 g/mol. The largest absolute Gasteiger partial charge is 0.507 e. The number of nitrogens with zero attached hydrogens (tertiary/aromatic N) is 1. The molecular weight excluding hydrogens is 222 g/mol. The lowest BCUT2D eigenvalue weighted by molar-refractivity contribution is 0.466. The fourth-order valence-corrected chi connectivity index (χ4v) is 2.14. The molecule has 88 valence electrons. The maximum absolute atomic E-state index is 12.2. The lowest BCUT2D eigenvalue weighted by Crippen LogP contribution is -2.22. The molecule has 0 amide bonds. The molecule has 2 aromatic rings. The van der Waals surface area contributed by atoms with Crippen molar-refractivity contribution < 1.29 is 9.52 Å². The van der Waals surface area contributed by atoms with Gasteiger partial charge in [-0.15, -0.1) is 0 Å². The van der Waals surface area contributed by atoms with Crippen molar-refractivity contribution in [2.24, 2.45) is 0 Å². The fourth-order valence-electron chi connectivity index (χ4n) is 2.14. The molecule has 5 nitrogen and oxygen atoms in total. The van der Waals surface area contributed by atoms with Crippen LogP contribution in [-0.4, -0.2) is 9.67 Å². The van der Waals surface area contributed by atoms with E-state index in [0.29, 0.717) is 0 Å². The minimum absolute atomic E-state index is 0.0853. The quantitative estimate of drug-likeness (QED) is 0.805. The van der Waals surface area contributed by atoms with E-state index in [1.165, 1.54) is 0 Å². The Morgan fingerprint density at radius 1 is 1.35 bits per heavy atom. The van der Waals surface area contributed by atoms with E-state index in [1.807, 2.05) is 0 Å². The summed E-state index contributed by atoms with van der Waals surface area (Å²) in [6, 6.07) is 2.77. The maximum Gasteiger partial charge on any atom is 0.339 e. The Labute approximate surface area is 95.9 Å². The van der Waals surface area contributed by atoms with Gasteiger partial charge in [-0.25, -0.2) is 4.79 Å². The molecule has 0 aromatic carbocycles. The molecule has 2 heterocycles. The zero-order valence-electron chi connectivity index (χ0n) is 9.27. The van der Waals surface area contributed by atoms with Crippen LogP contribution < -0.4 is 11.2 Å². The summed E-state index contributed by atoms with van der Waals surface area (Å²) in [5, 5.41) is 9.76. The van der Waals surface area contributed by atoms with Crippen LogP contribution in [-0.2, 0) is 0 Å². The van der Waals surface area contributed by atoms with Crippen molar-refractivity contribution in [2.75, 3.05) is 0 Å². The zero-order valence-corrected chi connectivity index (χ0v) is 9.27. The second-order valence-electron chi connectivity index (χ2n) is 4.38. The molecule has 0 aliphatic heterocycles. The van der Waals surface area contributed by atoms with Crippen LogP contribution >= 0.6 is 0 Å². The standard InChI is InChI=1S/C12H11NO4/c1-6-4-9-11(8(14)5-10(15)17-9)12(16)13(6)7-2-3-7/h4-5,7,14H,2-3H2,1H3. The molecule has 1 fully saturated rings. The van der Waals surface area contributed by atoms with Gasteiger partial charge in [-0.2, -0.15) is 0 Å². The van der Waals surface area contributed by atoms with E-state index < -0.39 is 5.63 Å². The summed E-state index contributed by atoms with van der Waals surface area (Å²) in [6.45, 7) is 1.79. The van der Waals surface area contributed by atoms with Crippen LogP contribution in [0.25, 0.3) is 11.0 Å². The van der Waals surface area contributed by atoms with Crippen molar-refractivity contribution >= 4 is 11.0 Å². The predicted molar refractivity (Wildman–Crippen MR) is 61.4 cm³/mol. The van der Waals surface area contributed by atoms with Crippen molar-refractivity contribution in [3.8, 4) is 5.75 Å². The molecule has 0 atom stereocenters. The maximum atomic E-state index is 12.2. The molecule has 1 aliphatic rings. The molecule has 0 saturated heterocycles. The van der Waals surface area contributed by atoms with Crippen molar-refractivity contribution in [1.82, 2.24) is 4.57 Å². The second-order valence-corrected chi connectivity index (χ2v) is 4.38. The molecule has 2 aromatic heterocycles. The molecule has 1 aliphatic carbocycles. The molecule has 1 N–H and O–H groups in total. The Morgan fingerprint density at radius 3 is 2.71 bits per heavy atom. The lowest BCUT2D eigenvalue weighted by atomic mass is 10.2. The number of aromatic nitrogens is 1. The number of aryl methyl sites for hydroxylation is 1. The second kappa shape index (κ2) is 3.23. The zero-order chi connectivity index (χ0) is 12.2. The molecule has 0 unspecified atom stereocenters. The fraction of sp³-hybridized carbons (Fsp3) is 0.333. The molecule has 3 rings (SSSR count). The summed E-state index contributed by atoms with van der Waals surface area (Å²) < 4.78 is 6.59. The van der Waals surface area contributed by atoms with Gasteiger partial charge in [0, 0.05) is 17.8 Å². The van der Waals surface area contributed by atoms with Crippen LogP contribution in [0, 0.1) is 6.92 Å². The topological polar surface area (TPSA) is 72.4 Å². The Balaban J connectivity index is 2.48. The number of aromatic hydroxyl groups is 1. The highest BCUT2D eigenvalue weighted by Crippen LogP contribution is 2.35. The van der Waals surface area contributed by atoms with Gasteiger partial charge in [0.2, 0.25) is 0 Å². The number of fused-ring (bicyclic) bond motifs is 1. The Kier molecular flexibility index (Phi) is 1.92. The van der Waals surface area contributed by atoms with E-state index in [9.17, 15) is 14.7 Å². The van der Waals surface area contributed by atoms with Gasteiger partial charge in [0.1, 0.15) is 16.7 Å². The van der Waals surface area contributed by atoms with E-state index in [-0.39, 0.29) is 28.3 Å². The van der Waals surface area contributed by atoms with Crippen LogP contribution in [0.4, 0.5) is 0 Å². The summed E-state index contributed by atoms with van der Waals surface area (Å²) in [5.74, 6) is -0.310. The molecule has 0 spiro atoms. The molecule has 5 heteroatoms. The lowest BCUT2D eigenvalue weighted by Gasteiger charge is -2.09. The number of pyridine rings is 1. The summed E-state index contributed by atoms with van der Waals surface area (Å²) in [6.07, 6.45) is 1.95. The minimum Gasteiger partial charge on any atom is -0.507 e. The highest BCUT2D eigenvalue weighted by atomic mass is 16.4. The van der Waals surface area contributed by atoms with Crippen LogP contribution in [0.3, 0.4) is 0 Å². The number of hydrogen-bond donors (Lipinski definition) is 1. The highest BCUT2D eigenvalue weighted by molar-refractivity contribution is 5.82. The van der Waals surface area contributed by atoms with E-state index in [2.05, 4.69) is 0 Å². The molecular formula is C12H11NO4. The monoisotopic (exact) mass is 233 g/mol. The average Bonchev–Trinajstić information content (AvgIpc) is 2.99. The molecule has 0 radical (unpaired) electrons. The van der Waals surface area contributed by atoms with Crippen molar-refractivity contribution in [2.45, 2.75) is 25.8 Å². The third kappa shape index (κ3) is 1.46. The van der Waals surface area contributed by atoms with Crippen molar-refractivity contribution in [1.29, 1.82) is 0 Å². The SMILES string of the molecule is Cc1cc2oc(=O)cc(O)c2c(=O)n1C1CC1. The van der Waals surface area contributed by atoms with Gasteiger partial charge in [0.25, 0.3) is 5.56 Å². The van der Waals surface area contributed by atoms with Crippen molar-refractivity contribution in [3.63, 3.8) is 0 Å². The first kappa shape index (κ1) is 10.1. The highest BCUT2D eigenvalue weighted by Gasteiger charge is 2.27.